The molecule has 124 valence electrons. The van der Waals surface area contributed by atoms with Gasteiger partial charge in [0.2, 0.25) is 0 Å². The van der Waals surface area contributed by atoms with E-state index in [1.165, 1.54) is 0 Å². The van der Waals surface area contributed by atoms with Gasteiger partial charge in [0.25, 0.3) is 5.91 Å². The van der Waals surface area contributed by atoms with Gasteiger partial charge in [0.05, 0.1) is 18.2 Å². The Hall–Kier alpha value is -3.10. The van der Waals surface area contributed by atoms with E-state index in [0.717, 1.165) is 11.3 Å². The quantitative estimate of drug-likeness (QED) is 0.772. The highest BCUT2D eigenvalue weighted by Crippen LogP contribution is 2.15. The fourth-order valence-corrected chi connectivity index (χ4v) is 2.67. The van der Waals surface area contributed by atoms with Crippen LogP contribution in [0.1, 0.15) is 27.2 Å². The molecule has 25 heavy (non-hydrogen) atoms. The van der Waals surface area contributed by atoms with Crippen molar-refractivity contribution in [1.29, 1.82) is 5.26 Å². The van der Waals surface area contributed by atoms with E-state index >= 15 is 0 Å². The number of nitrogens with one attached hydrogen (secondary N) is 1. The van der Waals surface area contributed by atoms with Crippen LogP contribution in [0.4, 0.5) is 5.82 Å². The summed E-state index contributed by atoms with van der Waals surface area (Å²) in [6, 6.07) is 17.9. The zero-order chi connectivity index (χ0) is 17.8. The molecular weight excluding hydrogens is 336 g/mol. The standard InChI is InChI=1S/C19H15ClN4O/c1-13-8-18(22-19(25)16-6-2-4-14(9-16)11-21)23-24(13)12-15-5-3-7-17(20)10-15/h2-10H,12H2,1H3,(H,22,23,25). The van der Waals surface area contributed by atoms with Crippen LogP contribution in [0.5, 0.6) is 0 Å². The maximum atomic E-state index is 12.3. The number of carbonyl (C=O) groups is 1. The lowest BCUT2D eigenvalue weighted by Gasteiger charge is -2.05. The molecule has 0 saturated heterocycles. The number of amides is 1. The summed E-state index contributed by atoms with van der Waals surface area (Å²) >= 11 is 6.01. The lowest BCUT2D eigenvalue weighted by Crippen LogP contribution is -2.13. The number of aryl methyl sites for hydroxylation is 1. The smallest absolute Gasteiger partial charge is 0.256 e. The SMILES string of the molecule is Cc1cc(NC(=O)c2cccc(C#N)c2)nn1Cc1cccc(Cl)c1. The Kier molecular flexibility index (Phi) is 4.82. The predicted molar refractivity (Wildman–Crippen MR) is 96.6 cm³/mol. The lowest BCUT2D eigenvalue weighted by molar-refractivity contribution is 0.102. The molecular formula is C19H15ClN4O. The predicted octanol–water partition coefficient (Wildman–Crippen LogP) is 4.02. The van der Waals surface area contributed by atoms with Crippen molar-refractivity contribution in [3.05, 3.63) is 82.0 Å². The normalized spacial score (nSPS) is 10.3. The van der Waals surface area contributed by atoms with Gasteiger partial charge < -0.3 is 5.32 Å². The highest BCUT2D eigenvalue weighted by atomic mass is 35.5. The van der Waals surface area contributed by atoms with Gasteiger partial charge in [0, 0.05) is 22.3 Å². The lowest BCUT2D eigenvalue weighted by atomic mass is 10.1. The minimum atomic E-state index is -0.301. The van der Waals surface area contributed by atoms with Gasteiger partial charge in [-0.15, -0.1) is 0 Å². The first kappa shape index (κ1) is 16.7. The number of rotatable bonds is 4. The fourth-order valence-electron chi connectivity index (χ4n) is 2.46. The average Bonchev–Trinajstić information content (AvgIpc) is 2.94. The Morgan fingerprint density at radius 2 is 2.04 bits per heavy atom. The van der Waals surface area contributed by atoms with Crippen LogP contribution in [0, 0.1) is 18.3 Å². The summed E-state index contributed by atoms with van der Waals surface area (Å²) in [5.41, 5.74) is 2.80. The zero-order valence-corrected chi connectivity index (χ0v) is 14.3. The topological polar surface area (TPSA) is 70.7 Å². The molecule has 0 aliphatic carbocycles. The summed E-state index contributed by atoms with van der Waals surface area (Å²) in [6.07, 6.45) is 0. The van der Waals surface area contributed by atoms with Crippen LogP contribution in [-0.4, -0.2) is 15.7 Å². The first-order valence-corrected chi connectivity index (χ1v) is 8.03. The van der Waals surface area contributed by atoms with E-state index in [1.807, 2.05) is 37.3 Å². The molecule has 0 aliphatic heterocycles. The first-order valence-electron chi connectivity index (χ1n) is 7.65. The molecule has 3 aromatic rings. The molecule has 1 aromatic heterocycles. The van der Waals surface area contributed by atoms with E-state index in [1.54, 1.807) is 35.0 Å². The van der Waals surface area contributed by atoms with E-state index in [2.05, 4.69) is 10.4 Å². The summed E-state index contributed by atoms with van der Waals surface area (Å²) in [5.74, 6) is 0.163. The van der Waals surface area contributed by atoms with Crippen LogP contribution in [-0.2, 0) is 6.54 Å². The summed E-state index contributed by atoms with van der Waals surface area (Å²) in [6.45, 7) is 2.48. The third-order valence-corrected chi connectivity index (χ3v) is 3.93. The van der Waals surface area contributed by atoms with Gasteiger partial charge in [-0.3, -0.25) is 9.48 Å². The number of halogens is 1. The Morgan fingerprint density at radius 1 is 1.24 bits per heavy atom. The van der Waals surface area contributed by atoms with E-state index in [0.29, 0.717) is 28.5 Å². The van der Waals surface area contributed by atoms with Crippen LogP contribution < -0.4 is 5.32 Å². The molecule has 0 saturated carbocycles. The number of nitriles is 1. The Bertz CT molecular complexity index is 972. The number of benzene rings is 2. The summed E-state index contributed by atoms with van der Waals surface area (Å²) in [4.78, 5) is 12.3. The molecule has 0 fully saturated rings. The number of aromatic nitrogens is 2. The second-order valence-electron chi connectivity index (χ2n) is 5.61. The van der Waals surface area contributed by atoms with Gasteiger partial charge in [0.15, 0.2) is 5.82 Å². The highest BCUT2D eigenvalue weighted by molar-refractivity contribution is 6.30. The second kappa shape index (κ2) is 7.20. The number of hydrogen-bond donors (Lipinski definition) is 1. The van der Waals surface area contributed by atoms with Crippen LogP contribution >= 0.6 is 11.6 Å². The van der Waals surface area contributed by atoms with Crippen LogP contribution in [0.25, 0.3) is 0 Å². The van der Waals surface area contributed by atoms with Crippen molar-refractivity contribution in [3.8, 4) is 6.07 Å². The Labute approximate surface area is 150 Å². The summed E-state index contributed by atoms with van der Waals surface area (Å²) < 4.78 is 1.80. The van der Waals surface area contributed by atoms with Crippen molar-refractivity contribution in [2.24, 2.45) is 0 Å². The monoisotopic (exact) mass is 350 g/mol. The van der Waals surface area contributed by atoms with Crippen LogP contribution in [0.15, 0.2) is 54.6 Å². The van der Waals surface area contributed by atoms with Gasteiger partial charge in [-0.1, -0.05) is 29.8 Å². The molecule has 0 aliphatic rings. The number of nitrogens with zero attached hydrogens (tertiary/aromatic N) is 3. The first-order chi connectivity index (χ1) is 12.0. The second-order valence-corrected chi connectivity index (χ2v) is 6.04. The Balaban J connectivity index is 1.76. The van der Waals surface area contributed by atoms with Gasteiger partial charge in [-0.05, 0) is 42.8 Å². The molecule has 0 unspecified atom stereocenters. The van der Waals surface area contributed by atoms with E-state index in [9.17, 15) is 4.79 Å². The van der Waals surface area contributed by atoms with Gasteiger partial charge >= 0.3 is 0 Å². The molecule has 2 aromatic carbocycles. The van der Waals surface area contributed by atoms with Gasteiger partial charge in [-0.2, -0.15) is 10.4 Å². The summed E-state index contributed by atoms with van der Waals surface area (Å²) in [7, 11) is 0. The average molecular weight is 351 g/mol. The maximum Gasteiger partial charge on any atom is 0.256 e. The molecule has 0 bridgehead atoms. The molecule has 5 nitrogen and oxygen atoms in total. The molecule has 6 heteroatoms. The molecule has 1 heterocycles. The molecule has 1 amide bonds. The van der Waals surface area contributed by atoms with Gasteiger partial charge in [-0.25, -0.2) is 0 Å². The third kappa shape index (κ3) is 4.06. The zero-order valence-electron chi connectivity index (χ0n) is 13.5. The molecule has 0 spiro atoms. The number of carbonyl (C=O) groups excluding carboxylic acids is 1. The largest absolute Gasteiger partial charge is 0.305 e. The molecule has 0 atom stereocenters. The van der Waals surface area contributed by atoms with Crippen molar-refractivity contribution >= 4 is 23.3 Å². The fraction of sp³-hybridized carbons (Fsp3) is 0.105. The van der Waals surface area contributed by atoms with Crippen molar-refractivity contribution in [1.82, 2.24) is 9.78 Å². The Morgan fingerprint density at radius 3 is 2.80 bits per heavy atom. The van der Waals surface area contributed by atoms with Gasteiger partial charge in [0.1, 0.15) is 0 Å². The van der Waals surface area contributed by atoms with Crippen LogP contribution in [0.3, 0.4) is 0 Å². The van der Waals surface area contributed by atoms with Crippen molar-refractivity contribution in [2.45, 2.75) is 13.5 Å². The third-order valence-electron chi connectivity index (χ3n) is 3.70. The van der Waals surface area contributed by atoms with Crippen molar-refractivity contribution < 1.29 is 4.79 Å². The highest BCUT2D eigenvalue weighted by Gasteiger charge is 2.11. The maximum absolute atomic E-state index is 12.3. The number of anilines is 1. The minimum Gasteiger partial charge on any atom is -0.305 e. The summed E-state index contributed by atoms with van der Waals surface area (Å²) in [5, 5.41) is 16.8. The van der Waals surface area contributed by atoms with E-state index in [4.69, 9.17) is 16.9 Å². The number of hydrogen-bond acceptors (Lipinski definition) is 3. The van der Waals surface area contributed by atoms with E-state index in [-0.39, 0.29) is 5.91 Å². The van der Waals surface area contributed by atoms with Crippen molar-refractivity contribution in [2.75, 3.05) is 5.32 Å². The molecule has 1 N–H and O–H groups in total. The molecule has 3 rings (SSSR count). The van der Waals surface area contributed by atoms with Crippen molar-refractivity contribution in [3.63, 3.8) is 0 Å². The molecule has 0 radical (unpaired) electrons. The minimum absolute atomic E-state index is 0.301. The van der Waals surface area contributed by atoms with E-state index < -0.39 is 0 Å². The van der Waals surface area contributed by atoms with Crippen LogP contribution in [0.2, 0.25) is 5.02 Å².